The fourth-order valence-corrected chi connectivity index (χ4v) is 3.07. The monoisotopic (exact) mass is 317 g/mol. The minimum absolute atomic E-state index is 0. The summed E-state index contributed by atoms with van der Waals surface area (Å²) in [5.41, 5.74) is 0. The van der Waals surface area contributed by atoms with E-state index in [9.17, 15) is 9.59 Å². The number of nitrogens with one attached hydrogen (secondary N) is 3. The van der Waals surface area contributed by atoms with E-state index in [0.717, 1.165) is 38.8 Å². The molecule has 0 atom stereocenters. The summed E-state index contributed by atoms with van der Waals surface area (Å²) < 4.78 is 0. The van der Waals surface area contributed by atoms with Crippen LogP contribution in [0.1, 0.15) is 51.4 Å². The summed E-state index contributed by atoms with van der Waals surface area (Å²) in [5.74, 6) is 0.303. The Morgan fingerprint density at radius 2 is 1.67 bits per heavy atom. The molecule has 1 aliphatic carbocycles. The second-order valence-electron chi connectivity index (χ2n) is 5.97. The van der Waals surface area contributed by atoms with Gasteiger partial charge in [0.05, 0.1) is 0 Å². The predicted molar refractivity (Wildman–Crippen MR) is 85.5 cm³/mol. The third kappa shape index (κ3) is 6.66. The van der Waals surface area contributed by atoms with Crippen LogP contribution in [0.15, 0.2) is 0 Å². The number of hydrogen-bond acceptors (Lipinski definition) is 3. The summed E-state index contributed by atoms with van der Waals surface area (Å²) in [6, 6.07) is 0.358. The zero-order valence-electron chi connectivity index (χ0n) is 12.7. The molecule has 1 aliphatic heterocycles. The van der Waals surface area contributed by atoms with Crippen molar-refractivity contribution >= 4 is 24.2 Å². The smallest absolute Gasteiger partial charge is 0.223 e. The van der Waals surface area contributed by atoms with Crippen molar-refractivity contribution in [1.82, 2.24) is 16.0 Å². The number of piperidine rings is 1. The van der Waals surface area contributed by atoms with Crippen molar-refractivity contribution in [2.24, 2.45) is 5.92 Å². The molecule has 0 aromatic carbocycles. The third-order valence-corrected chi connectivity index (χ3v) is 4.33. The Kier molecular flexibility index (Phi) is 8.69. The average molecular weight is 318 g/mol. The molecule has 1 heterocycles. The van der Waals surface area contributed by atoms with Gasteiger partial charge in [-0.1, -0.05) is 19.3 Å². The van der Waals surface area contributed by atoms with Gasteiger partial charge >= 0.3 is 0 Å². The van der Waals surface area contributed by atoms with E-state index in [1.165, 1.54) is 19.3 Å². The molecule has 0 unspecified atom stereocenters. The molecule has 2 fully saturated rings. The quantitative estimate of drug-likeness (QED) is 0.717. The molecule has 5 nitrogen and oxygen atoms in total. The molecule has 0 bridgehead atoms. The fourth-order valence-electron chi connectivity index (χ4n) is 3.07. The zero-order valence-corrected chi connectivity index (χ0v) is 13.5. The summed E-state index contributed by atoms with van der Waals surface area (Å²) in [5, 5.41) is 9.21. The van der Waals surface area contributed by atoms with Gasteiger partial charge in [0.15, 0.2) is 0 Å². The molecule has 1 saturated carbocycles. The minimum Gasteiger partial charge on any atom is -0.355 e. The summed E-state index contributed by atoms with van der Waals surface area (Å²) in [4.78, 5) is 23.7. The third-order valence-electron chi connectivity index (χ3n) is 4.33. The first kappa shape index (κ1) is 18.2. The van der Waals surface area contributed by atoms with Crippen LogP contribution in [-0.2, 0) is 9.59 Å². The van der Waals surface area contributed by atoms with E-state index >= 15 is 0 Å². The van der Waals surface area contributed by atoms with Crippen molar-refractivity contribution in [1.29, 1.82) is 0 Å². The molecule has 2 aliphatic rings. The summed E-state index contributed by atoms with van der Waals surface area (Å²) in [7, 11) is 0. The lowest BCUT2D eigenvalue weighted by molar-refractivity contribution is -0.126. The first-order chi connectivity index (χ1) is 9.75. The van der Waals surface area contributed by atoms with Crippen molar-refractivity contribution < 1.29 is 9.59 Å². The van der Waals surface area contributed by atoms with E-state index in [1.807, 2.05) is 0 Å². The minimum atomic E-state index is 0. The van der Waals surface area contributed by atoms with Gasteiger partial charge in [-0.25, -0.2) is 0 Å². The van der Waals surface area contributed by atoms with Crippen LogP contribution >= 0.6 is 12.4 Å². The van der Waals surface area contributed by atoms with Crippen LogP contribution in [0.25, 0.3) is 0 Å². The van der Waals surface area contributed by atoms with Crippen LogP contribution in [0.4, 0.5) is 0 Å². The molecular weight excluding hydrogens is 290 g/mol. The molecule has 0 spiro atoms. The fraction of sp³-hybridized carbons (Fsp3) is 0.867. The highest BCUT2D eigenvalue weighted by Crippen LogP contribution is 2.17. The molecule has 2 amide bonds. The first-order valence-electron chi connectivity index (χ1n) is 8.03. The Morgan fingerprint density at radius 3 is 2.33 bits per heavy atom. The van der Waals surface area contributed by atoms with Crippen molar-refractivity contribution in [3.05, 3.63) is 0 Å². The van der Waals surface area contributed by atoms with Gasteiger partial charge in [0, 0.05) is 24.9 Å². The van der Waals surface area contributed by atoms with E-state index in [1.54, 1.807) is 0 Å². The lowest BCUT2D eigenvalue weighted by atomic mass is 9.95. The Bertz CT molecular complexity index is 327. The number of amides is 2. The Hall–Kier alpha value is -0.810. The summed E-state index contributed by atoms with van der Waals surface area (Å²) >= 11 is 0. The molecule has 0 aromatic rings. The molecule has 2 rings (SSSR count). The van der Waals surface area contributed by atoms with Crippen molar-refractivity contribution in [3.63, 3.8) is 0 Å². The van der Waals surface area contributed by atoms with Gasteiger partial charge in [-0.15, -0.1) is 12.4 Å². The molecular formula is C15H28ClN3O2. The maximum Gasteiger partial charge on any atom is 0.223 e. The summed E-state index contributed by atoms with van der Waals surface area (Å²) in [6.07, 6.45) is 8.14. The Morgan fingerprint density at radius 1 is 1.00 bits per heavy atom. The molecule has 6 heteroatoms. The van der Waals surface area contributed by atoms with Gasteiger partial charge in [0.2, 0.25) is 11.8 Å². The van der Waals surface area contributed by atoms with Crippen molar-refractivity contribution in [3.8, 4) is 0 Å². The van der Waals surface area contributed by atoms with Crippen LogP contribution in [0, 0.1) is 5.92 Å². The number of hydrogen-bond donors (Lipinski definition) is 3. The van der Waals surface area contributed by atoms with Crippen LogP contribution < -0.4 is 16.0 Å². The second kappa shape index (κ2) is 10.0. The second-order valence-corrected chi connectivity index (χ2v) is 5.97. The molecule has 0 aromatic heterocycles. The van der Waals surface area contributed by atoms with Crippen LogP contribution in [-0.4, -0.2) is 37.5 Å². The topological polar surface area (TPSA) is 70.2 Å². The molecule has 1 saturated heterocycles. The predicted octanol–water partition coefficient (Wildman–Crippen LogP) is 1.36. The van der Waals surface area contributed by atoms with Gasteiger partial charge < -0.3 is 16.0 Å². The SMILES string of the molecule is Cl.O=C(CCNC(=O)C1CCNCC1)NC1CCCCC1. The van der Waals surface area contributed by atoms with Gasteiger partial charge in [-0.05, 0) is 38.8 Å². The Balaban J connectivity index is 0.00000220. The normalized spacial score (nSPS) is 20.4. The largest absolute Gasteiger partial charge is 0.355 e. The maximum atomic E-state index is 11.9. The van der Waals surface area contributed by atoms with E-state index in [2.05, 4.69) is 16.0 Å². The highest BCUT2D eigenvalue weighted by molar-refractivity contribution is 5.85. The van der Waals surface area contributed by atoms with Gasteiger partial charge in [-0.2, -0.15) is 0 Å². The van der Waals surface area contributed by atoms with E-state index in [-0.39, 0.29) is 30.1 Å². The lowest BCUT2D eigenvalue weighted by Crippen LogP contribution is -2.41. The highest BCUT2D eigenvalue weighted by Gasteiger charge is 2.21. The zero-order chi connectivity index (χ0) is 14.2. The van der Waals surface area contributed by atoms with Crippen molar-refractivity contribution in [2.45, 2.75) is 57.4 Å². The highest BCUT2D eigenvalue weighted by atomic mass is 35.5. The number of carbonyl (C=O) groups is 2. The molecule has 21 heavy (non-hydrogen) atoms. The number of carbonyl (C=O) groups excluding carboxylic acids is 2. The molecule has 122 valence electrons. The van der Waals surface area contributed by atoms with Gasteiger partial charge in [0.1, 0.15) is 0 Å². The summed E-state index contributed by atoms with van der Waals surface area (Å²) in [6.45, 7) is 2.29. The van der Waals surface area contributed by atoms with Gasteiger partial charge in [0.25, 0.3) is 0 Å². The van der Waals surface area contributed by atoms with E-state index in [4.69, 9.17) is 0 Å². The standard InChI is InChI=1S/C15H27N3O2.ClH/c19-14(18-13-4-2-1-3-5-13)8-11-17-15(20)12-6-9-16-10-7-12;/h12-13,16H,1-11H2,(H,17,20)(H,18,19);1H. The van der Waals surface area contributed by atoms with Crippen LogP contribution in [0.2, 0.25) is 0 Å². The van der Waals surface area contributed by atoms with E-state index in [0.29, 0.717) is 19.0 Å². The number of halogens is 1. The lowest BCUT2D eigenvalue weighted by Gasteiger charge is -2.23. The average Bonchev–Trinajstić information content (AvgIpc) is 2.49. The van der Waals surface area contributed by atoms with E-state index < -0.39 is 0 Å². The molecule has 3 N–H and O–H groups in total. The first-order valence-corrected chi connectivity index (χ1v) is 8.03. The number of rotatable bonds is 5. The Labute approximate surface area is 133 Å². The molecule has 0 radical (unpaired) electrons. The van der Waals surface area contributed by atoms with Gasteiger partial charge in [-0.3, -0.25) is 9.59 Å². The van der Waals surface area contributed by atoms with Crippen LogP contribution in [0.3, 0.4) is 0 Å². The maximum absolute atomic E-state index is 11.9. The van der Waals surface area contributed by atoms with Crippen LogP contribution in [0.5, 0.6) is 0 Å². The van der Waals surface area contributed by atoms with Crippen molar-refractivity contribution in [2.75, 3.05) is 19.6 Å².